The lowest BCUT2D eigenvalue weighted by Gasteiger charge is -2.39. The highest BCUT2D eigenvalue weighted by molar-refractivity contribution is 5.85. The number of nitrogens with zero attached hydrogens (tertiary/aromatic N) is 5. The highest BCUT2D eigenvalue weighted by Gasteiger charge is 2.43. The van der Waals surface area contributed by atoms with Crippen LogP contribution < -0.4 is 9.64 Å². The van der Waals surface area contributed by atoms with E-state index in [0.29, 0.717) is 50.8 Å². The van der Waals surface area contributed by atoms with E-state index in [0.717, 1.165) is 25.0 Å². The Bertz CT molecular complexity index is 671. The molecule has 0 N–H and O–H groups in total. The van der Waals surface area contributed by atoms with Gasteiger partial charge in [0.15, 0.2) is 0 Å². The largest absolute Gasteiger partial charge is 0.481 e. The molecule has 25 heavy (non-hydrogen) atoms. The zero-order valence-electron chi connectivity index (χ0n) is 15.0. The Hall–Kier alpha value is -2.36. The lowest BCUT2D eigenvalue weighted by molar-refractivity contribution is -0.140. The van der Waals surface area contributed by atoms with Gasteiger partial charge in [0.25, 0.3) is 0 Å². The molecule has 0 bridgehead atoms. The van der Waals surface area contributed by atoms with Crippen LogP contribution in [0.5, 0.6) is 5.88 Å². The maximum Gasteiger partial charge on any atom is 0.243 e. The van der Waals surface area contributed by atoms with Crippen LogP contribution in [-0.4, -0.2) is 54.1 Å². The fourth-order valence-corrected chi connectivity index (χ4v) is 3.71. The molecule has 0 aromatic carbocycles. The van der Waals surface area contributed by atoms with Gasteiger partial charge in [-0.25, -0.2) is 4.98 Å². The van der Waals surface area contributed by atoms with Crippen molar-refractivity contribution in [1.82, 2.24) is 14.9 Å². The number of carbonyl (C=O) groups excluding carboxylic acids is 1. The highest BCUT2D eigenvalue weighted by atomic mass is 16.5. The molecule has 7 nitrogen and oxygen atoms in total. The van der Waals surface area contributed by atoms with E-state index in [1.165, 1.54) is 0 Å². The molecule has 1 aromatic heterocycles. The first-order valence-electron chi connectivity index (χ1n) is 8.93. The van der Waals surface area contributed by atoms with Crippen molar-refractivity contribution >= 4 is 11.9 Å². The Morgan fingerprint density at radius 3 is 2.48 bits per heavy atom. The highest BCUT2D eigenvalue weighted by Crippen LogP contribution is 2.37. The number of anilines is 1. The number of carbonyl (C=O) groups is 1. The molecule has 134 valence electrons. The van der Waals surface area contributed by atoms with Gasteiger partial charge >= 0.3 is 0 Å². The molecule has 2 heterocycles. The molecular formula is C18H25N5O2. The summed E-state index contributed by atoms with van der Waals surface area (Å²) >= 11 is 0. The molecule has 0 radical (unpaired) electrons. The van der Waals surface area contributed by atoms with Crippen molar-refractivity contribution in [3.8, 4) is 11.9 Å². The Balaban J connectivity index is 1.66. The number of aromatic nitrogens is 2. The van der Waals surface area contributed by atoms with E-state index in [1.807, 2.05) is 11.8 Å². The Labute approximate surface area is 148 Å². The predicted molar refractivity (Wildman–Crippen MR) is 93.2 cm³/mol. The summed E-state index contributed by atoms with van der Waals surface area (Å²) in [4.78, 5) is 25.7. The van der Waals surface area contributed by atoms with Gasteiger partial charge in [-0.3, -0.25) is 4.79 Å². The van der Waals surface area contributed by atoms with E-state index in [9.17, 15) is 10.1 Å². The van der Waals surface area contributed by atoms with Crippen LogP contribution >= 0.6 is 0 Å². The molecule has 1 aromatic rings. The van der Waals surface area contributed by atoms with Crippen LogP contribution in [0.4, 0.5) is 5.95 Å². The second-order valence-electron chi connectivity index (χ2n) is 6.89. The number of hydrogen-bond donors (Lipinski definition) is 0. The lowest BCUT2D eigenvalue weighted by Crippen LogP contribution is -2.53. The number of amides is 1. The Morgan fingerprint density at radius 2 is 1.88 bits per heavy atom. The molecule has 0 atom stereocenters. The molecule has 0 spiro atoms. The molecule has 1 aliphatic heterocycles. The summed E-state index contributed by atoms with van der Waals surface area (Å²) in [6.45, 7) is 4.44. The van der Waals surface area contributed by atoms with Gasteiger partial charge in [0, 0.05) is 37.9 Å². The summed E-state index contributed by atoms with van der Waals surface area (Å²) in [5.41, 5.74) is 0.0507. The van der Waals surface area contributed by atoms with E-state index in [2.05, 4.69) is 20.9 Å². The van der Waals surface area contributed by atoms with Crippen LogP contribution in [0.15, 0.2) is 6.07 Å². The molecule has 3 rings (SSSR count). The minimum atomic E-state index is -0.802. The van der Waals surface area contributed by atoms with E-state index >= 15 is 0 Å². The molecule has 0 unspecified atom stereocenters. The maximum atomic E-state index is 12.9. The number of methoxy groups -OCH3 is 1. The van der Waals surface area contributed by atoms with Crippen molar-refractivity contribution in [3.05, 3.63) is 11.8 Å². The molecule has 1 amide bonds. The van der Waals surface area contributed by atoms with Crippen molar-refractivity contribution in [2.75, 3.05) is 38.2 Å². The third kappa shape index (κ3) is 3.53. The topological polar surface area (TPSA) is 82.4 Å². The van der Waals surface area contributed by atoms with Gasteiger partial charge in [-0.05, 0) is 19.8 Å². The van der Waals surface area contributed by atoms with Crippen molar-refractivity contribution in [1.29, 1.82) is 5.26 Å². The van der Waals surface area contributed by atoms with Crippen LogP contribution in [-0.2, 0) is 4.79 Å². The first-order chi connectivity index (χ1) is 12.1. The van der Waals surface area contributed by atoms with Crippen molar-refractivity contribution in [3.63, 3.8) is 0 Å². The van der Waals surface area contributed by atoms with E-state index in [-0.39, 0.29) is 5.91 Å². The first-order valence-corrected chi connectivity index (χ1v) is 8.93. The minimum Gasteiger partial charge on any atom is -0.481 e. The summed E-state index contributed by atoms with van der Waals surface area (Å²) in [7, 11) is 1.59. The van der Waals surface area contributed by atoms with E-state index in [1.54, 1.807) is 13.2 Å². The van der Waals surface area contributed by atoms with Crippen LogP contribution in [0, 0.1) is 23.7 Å². The fraction of sp³-hybridized carbons (Fsp3) is 0.667. The van der Waals surface area contributed by atoms with Gasteiger partial charge in [0.05, 0.1) is 13.2 Å². The summed E-state index contributed by atoms with van der Waals surface area (Å²) in [6.07, 6.45) is 4.45. The molecule has 1 saturated heterocycles. The summed E-state index contributed by atoms with van der Waals surface area (Å²) in [6, 6.07) is 4.13. The molecule has 1 aliphatic carbocycles. The Kier molecular flexibility index (Phi) is 5.07. The number of nitriles is 1. The average molecular weight is 343 g/mol. The van der Waals surface area contributed by atoms with E-state index in [4.69, 9.17) is 4.74 Å². The van der Waals surface area contributed by atoms with Crippen LogP contribution in [0.2, 0.25) is 0 Å². The zero-order valence-corrected chi connectivity index (χ0v) is 15.0. The normalized spacial score (nSPS) is 20.0. The molecular weight excluding hydrogens is 318 g/mol. The zero-order chi connectivity index (χ0) is 17.9. The third-order valence-electron chi connectivity index (χ3n) is 5.21. The van der Waals surface area contributed by atoms with Crippen molar-refractivity contribution in [2.45, 2.75) is 39.0 Å². The first kappa shape index (κ1) is 17.5. The van der Waals surface area contributed by atoms with E-state index < -0.39 is 5.41 Å². The van der Waals surface area contributed by atoms with Gasteiger partial charge < -0.3 is 14.5 Å². The molecule has 2 fully saturated rings. The van der Waals surface area contributed by atoms with Gasteiger partial charge in [-0.15, -0.1) is 0 Å². The van der Waals surface area contributed by atoms with Crippen molar-refractivity contribution < 1.29 is 9.53 Å². The summed E-state index contributed by atoms with van der Waals surface area (Å²) in [5.74, 6) is 1.19. The number of ether oxygens (including phenoxy) is 1. The fourth-order valence-electron chi connectivity index (χ4n) is 3.71. The van der Waals surface area contributed by atoms with Crippen LogP contribution in [0.3, 0.4) is 0 Å². The molecule has 1 saturated carbocycles. The van der Waals surface area contributed by atoms with Crippen molar-refractivity contribution in [2.24, 2.45) is 5.41 Å². The lowest BCUT2D eigenvalue weighted by atomic mass is 9.74. The smallest absolute Gasteiger partial charge is 0.243 e. The van der Waals surface area contributed by atoms with Crippen LogP contribution in [0.1, 0.15) is 37.8 Å². The Morgan fingerprint density at radius 1 is 1.20 bits per heavy atom. The number of piperazine rings is 1. The van der Waals surface area contributed by atoms with Gasteiger partial charge in [-0.2, -0.15) is 10.2 Å². The molecule has 7 heteroatoms. The van der Waals surface area contributed by atoms with Gasteiger partial charge in [-0.1, -0.05) is 19.3 Å². The third-order valence-corrected chi connectivity index (χ3v) is 5.21. The minimum absolute atomic E-state index is 0.0112. The second-order valence-corrected chi connectivity index (χ2v) is 6.89. The standard InChI is InChI=1S/C18H25N5O2/c1-14-12-15(25-2)21-17(20-14)23-10-8-22(9-11-23)16(24)18(13-19)6-4-3-5-7-18/h12H,3-11H2,1-2H3. The average Bonchev–Trinajstić information content (AvgIpc) is 2.67. The number of hydrogen-bond acceptors (Lipinski definition) is 6. The predicted octanol–water partition coefficient (Wildman–Crippen LogP) is 1.92. The van der Waals surface area contributed by atoms with Gasteiger partial charge in [0.1, 0.15) is 5.41 Å². The number of rotatable bonds is 3. The summed E-state index contributed by atoms with van der Waals surface area (Å²) in [5, 5.41) is 9.62. The second kappa shape index (κ2) is 7.26. The summed E-state index contributed by atoms with van der Waals surface area (Å²) < 4.78 is 5.21. The van der Waals surface area contributed by atoms with Crippen LogP contribution in [0.25, 0.3) is 0 Å². The SMILES string of the molecule is COc1cc(C)nc(N2CCN(C(=O)C3(C#N)CCCCC3)CC2)n1. The quantitative estimate of drug-likeness (QED) is 0.834. The monoisotopic (exact) mass is 343 g/mol. The van der Waals surface area contributed by atoms with Gasteiger partial charge in [0.2, 0.25) is 17.7 Å². The number of aryl methyl sites for hydroxylation is 1. The molecule has 2 aliphatic rings. The maximum absolute atomic E-state index is 12.9.